The first-order chi connectivity index (χ1) is 21.3. The highest BCUT2D eigenvalue weighted by molar-refractivity contribution is 7.88. The van der Waals surface area contributed by atoms with E-state index < -0.39 is 58.7 Å². The summed E-state index contributed by atoms with van der Waals surface area (Å²) in [5, 5.41) is 29.8. The van der Waals surface area contributed by atoms with Crippen LogP contribution in [0.15, 0.2) is 72.8 Å². The molecule has 0 aliphatic carbocycles. The van der Waals surface area contributed by atoms with Crippen LogP contribution in [-0.4, -0.2) is 61.6 Å². The highest BCUT2D eigenvalue weighted by Crippen LogP contribution is 2.47. The molecule has 0 saturated carbocycles. The Balaban J connectivity index is 1.57. The molecule has 10 nitrogen and oxygen atoms in total. The number of sulfonamides is 1. The van der Waals surface area contributed by atoms with Crippen molar-refractivity contribution in [3.8, 4) is 0 Å². The van der Waals surface area contributed by atoms with Gasteiger partial charge in [0, 0.05) is 19.2 Å². The molecule has 3 atom stereocenters. The van der Waals surface area contributed by atoms with Crippen LogP contribution < -0.4 is 9.62 Å². The number of β-lactam (4-membered cyclic amide) rings is 1. The number of ether oxygens (including phenoxy) is 1. The second kappa shape index (κ2) is 14.6. The number of benzene rings is 3. The van der Waals surface area contributed by atoms with Gasteiger partial charge in [0.05, 0.1) is 31.4 Å². The Morgan fingerprint density at radius 3 is 2.20 bits per heavy atom. The summed E-state index contributed by atoms with van der Waals surface area (Å²) in [6, 6.07) is 19.4. The molecule has 3 aromatic carbocycles. The van der Waals surface area contributed by atoms with E-state index in [9.17, 15) is 37.7 Å². The lowest BCUT2D eigenvalue weighted by atomic mass is 9.77. The molecule has 4 rings (SSSR count). The molecule has 0 bridgehead atoms. The molecule has 0 radical (unpaired) electrons. The maximum atomic E-state index is 13.7. The topological polar surface area (TPSA) is 153 Å². The summed E-state index contributed by atoms with van der Waals surface area (Å²) in [6.45, 7) is 0.274. The van der Waals surface area contributed by atoms with Crippen molar-refractivity contribution in [3.63, 3.8) is 0 Å². The van der Waals surface area contributed by atoms with Crippen LogP contribution in [0.3, 0.4) is 0 Å². The summed E-state index contributed by atoms with van der Waals surface area (Å²) in [5.41, 5.74) is 1.54. The second-order valence-electron chi connectivity index (χ2n) is 11.4. The number of esters is 1. The number of rotatable bonds is 15. The van der Waals surface area contributed by atoms with Crippen molar-refractivity contribution < 1.29 is 42.5 Å². The number of hydrogen-bond donors (Lipinski definition) is 4. The Morgan fingerprint density at radius 2 is 1.64 bits per heavy atom. The zero-order valence-electron chi connectivity index (χ0n) is 25.2. The van der Waals surface area contributed by atoms with Gasteiger partial charge >= 0.3 is 5.97 Å². The largest absolute Gasteiger partial charge is 0.458 e. The number of aryl methyl sites for hydroxylation is 1. The van der Waals surface area contributed by atoms with E-state index >= 15 is 0 Å². The summed E-state index contributed by atoms with van der Waals surface area (Å²) in [4.78, 5) is 27.2. The van der Waals surface area contributed by atoms with Gasteiger partial charge in [-0.25, -0.2) is 17.5 Å². The second-order valence-corrected chi connectivity index (χ2v) is 13.2. The van der Waals surface area contributed by atoms with Gasteiger partial charge in [0.2, 0.25) is 15.9 Å². The van der Waals surface area contributed by atoms with E-state index in [2.05, 4.69) is 4.72 Å². The number of nitrogens with zero attached hydrogens (tertiary/aromatic N) is 1. The zero-order valence-corrected chi connectivity index (χ0v) is 26.0. The molecule has 0 aromatic heterocycles. The molecule has 1 aliphatic heterocycles. The number of aliphatic hydroxyl groups excluding tert-OH is 2. The minimum absolute atomic E-state index is 0.128. The average Bonchev–Trinajstić information content (AvgIpc) is 3.01. The number of anilines is 1. The average molecular weight is 643 g/mol. The molecule has 1 fully saturated rings. The predicted octanol–water partition coefficient (Wildman–Crippen LogP) is 3.27. The van der Waals surface area contributed by atoms with E-state index in [0.717, 1.165) is 17.4 Å². The number of halogens is 1. The molecule has 1 amide bonds. The van der Waals surface area contributed by atoms with E-state index in [4.69, 9.17) is 4.74 Å². The Morgan fingerprint density at radius 1 is 1.02 bits per heavy atom. The number of carbonyl (C=O) groups excluding carboxylic acids is 2. The van der Waals surface area contributed by atoms with E-state index in [1.54, 1.807) is 41.3 Å². The Kier molecular flexibility index (Phi) is 11.1. The SMILES string of the molecule is CC(=O)O[C@@H](CCC1C(=O)N(c2ccc(CCCNS(C)(=O)=O)cc2)[C@@H]1c1ccc(C(O)(CO)CO)cc1)c1ccc(F)cc1. The van der Waals surface area contributed by atoms with Gasteiger partial charge in [-0.3, -0.25) is 9.59 Å². The van der Waals surface area contributed by atoms with Gasteiger partial charge < -0.3 is 25.0 Å². The zero-order chi connectivity index (χ0) is 32.8. The van der Waals surface area contributed by atoms with E-state index in [-0.39, 0.29) is 5.91 Å². The maximum Gasteiger partial charge on any atom is 0.303 e. The van der Waals surface area contributed by atoms with E-state index in [1.165, 1.54) is 19.1 Å². The minimum Gasteiger partial charge on any atom is -0.458 e. The molecule has 45 heavy (non-hydrogen) atoms. The van der Waals surface area contributed by atoms with Crippen LogP contribution in [-0.2, 0) is 36.4 Å². The van der Waals surface area contributed by atoms with Crippen LogP contribution in [0.2, 0.25) is 0 Å². The van der Waals surface area contributed by atoms with Crippen molar-refractivity contribution in [1.82, 2.24) is 4.72 Å². The molecular weight excluding hydrogens is 603 g/mol. The third kappa shape index (κ3) is 8.53. The van der Waals surface area contributed by atoms with Crippen molar-refractivity contribution in [2.24, 2.45) is 5.92 Å². The lowest BCUT2D eigenvalue weighted by Crippen LogP contribution is -2.55. The third-order valence-corrected chi connectivity index (χ3v) is 8.77. The fourth-order valence-corrected chi connectivity index (χ4v) is 6.11. The lowest BCUT2D eigenvalue weighted by Gasteiger charge is -2.48. The van der Waals surface area contributed by atoms with Gasteiger partial charge in [-0.2, -0.15) is 0 Å². The van der Waals surface area contributed by atoms with Crippen LogP contribution in [0, 0.1) is 11.7 Å². The standard InChI is InChI=1S/C33H39FN2O8S/c1-22(39)44-30(24-9-13-27(34)14-10-24)18-17-29-31(25-7-11-26(12-8-25)33(41,20-37)21-38)36(32(29)40)28-15-5-23(6-16-28)4-3-19-35-45(2,42)43/h5-16,29-31,35,37-38,41H,3-4,17-21H2,1-2H3/t29?,30-,31+/m0/s1. The number of aliphatic hydroxyl groups is 3. The first-order valence-electron chi connectivity index (χ1n) is 14.7. The number of carbonyl (C=O) groups is 2. The van der Waals surface area contributed by atoms with Gasteiger partial charge in [0.15, 0.2) is 0 Å². The fourth-order valence-electron chi connectivity index (χ4n) is 5.60. The first-order valence-corrected chi connectivity index (χ1v) is 16.6. The molecule has 3 aromatic rings. The van der Waals surface area contributed by atoms with Crippen LogP contribution in [0.25, 0.3) is 0 Å². The van der Waals surface area contributed by atoms with Crippen molar-refractivity contribution in [2.75, 3.05) is 30.9 Å². The van der Waals surface area contributed by atoms with Gasteiger partial charge in [0.1, 0.15) is 17.5 Å². The van der Waals surface area contributed by atoms with Crippen molar-refractivity contribution in [3.05, 3.63) is 101 Å². The van der Waals surface area contributed by atoms with Gasteiger partial charge in [-0.15, -0.1) is 0 Å². The van der Waals surface area contributed by atoms with E-state index in [1.807, 2.05) is 24.3 Å². The summed E-state index contributed by atoms with van der Waals surface area (Å²) in [5.74, 6) is -1.52. The maximum absolute atomic E-state index is 13.7. The summed E-state index contributed by atoms with van der Waals surface area (Å²) in [6.07, 6.45) is 2.37. The van der Waals surface area contributed by atoms with Crippen LogP contribution in [0.5, 0.6) is 0 Å². The predicted molar refractivity (Wildman–Crippen MR) is 166 cm³/mol. The van der Waals surface area contributed by atoms with Crippen molar-refractivity contribution >= 4 is 27.6 Å². The summed E-state index contributed by atoms with van der Waals surface area (Å²) < 4.78 is 44.2. The Labute approximate surface area is 262 Å². The quantitative estimate of drug-likeness (QED) is 0.112. The molecule has 1 saturated heterocycles. The van der Waals surface area contributed by atoms with Crippen LogP contribution in [0.1, 0.15) is 60.6 Å². The van der Waals surface area contributed by atoms with Gasteiger partial charge in [0.25, 0.3) is 0 Å². The smallest absolute Gasteiger partial charge is 0.303 e. The molecule has 1 heterocycles. The highest BCUT2D eigenvalue weighted by Gasteiger charge is 2.48. The van der Waals surface area contributed by atoms with Gasteiger partial charge in [-0.1, -0.05) is 48.5 Å². The molecule has 1 aliphatic rings. The number of amides is 1. The summed E-state index contributed by atoms with van der Waals surface area (Å²) in [7, 11) is -3.26. The third-order valence-electron chi connectivity index (χ3n) is 8.04. The summed E-state index contributed by atoms with van der Waals surface area (Å²) >= 11 is 0. The molecule has 1 unspecified atom stereocenters. The molecule has 4 N–H and O–H groups in total. The first kappa shape index (κ1) is 34.2. The number of nitrogens with one attached hydrogen (secondary N) is 1. The van der Waals surface area contributed by atoms with Crippen LogP contribution in [0.4, 0.5) is 10.1 Å². The lowest BCUT2D eigenvalue weighted by molar-refractivity contribution is -0.147. The molecule has 12 heteroatoms. The molecule has 242 valence electrons. The normalized spacial score (nSPS) is 17.6. The minimum atomic E-state index is -3.26. The molecule has 0 spiro atoms. The number of hydrogen-bond acceptors (Lipinski definition) is 8. The van der Waals surface area contributed by atoms with Crippen LogP contribution >= 0.6 is 0 Å². The van der Waals surface area contributed by atoms with E-state index in [0.29, 0.717) is 49.0 Å². The monoisotopic (exact) mass is 642 g/mol. The van der Waals surface area contributed by atoms with Crippen molar-refractivity contribution in [2.45, 2.75) is 50.4 Å². The molecular formula is C33H39FN2O8S. The fraction of sp³-hybridized carbons (Fsp3) is 0.394. The van der Waals surface area contributed by atoms with Gasteiger partial charge in [-0.05, 0) is 72.2 Å². The Bertz CT molecular complexity index is 1560. The highest BCUT2D eigenvalue weighted by atomic mass is 32.2. The Hall–Kier alpha value is -3.68. The van der Waals surface area contributed by atoms with Crippen molar-refractivity contribution in [1.29, 1.82) is 0 Å².